The normalized spacial score (nSPS) is 17.9. The van der Waals surface area contributed by atoms with Gasteiger partial charge in [-0.3, -0.25) is 10.2 Å². The molecule has 5 nitrogen and oxygen atoms in total. The third-order valence-electron chi connectivity index (χ3n) is 4.64. The van der Waals surface area contributed by atoms with E-state index in [0.717, 1.165) is 6.42 Å². The number of hydrogen-bond donors (Lipinski definition) is 1. The SMILES string of the molecule is Cl.O=C(Nc1ccc(Cl)cc1)O[C@@H](CN1CCCC(Oc2ccccc2)C1)C(F)(F)F. The molecule has 0 aromatic heterocycles. The number of benzene rings is 2. The lowest BCUT2D eigenvalue weighted by Gasteiger charge is -2.35. The predicted molar refractivity (Wildman–Crippen MR) is 115 cm³/mol. The van der Waals surface area contributed by atoms with E-state index < -0.39 is 24.9 Å². The molecule has 10 heteroatoms. The van der Waals surface area contributed by atoms with Gasteiger partial charge in [-0.25, -0.2) is 4.79 Å². The van der Waals surface area contributed by atoms with Crippen molar-refractivity contribution < 1.29 is 27.4 Å². The van der Waals surface area contributed by atoms with Gasteiger partial charge in [0.05, 0.1) is 0 Å². The molecular weight excluding hydrogens is 456 g/mol. The van der Waals surface area contributed by atoms with Gasteiger partial charge in [0.2, 0.25) is 6.10 Å². The molecule has 31 heavy (non-hydrogen) atoms. The summed E-state index contributed by atoms with van der Waals surface area (Å²) in [4.78, 5) is 13.6. The Bertz CT molecular complexity index is 823. The number of carbonyl (C=O) groups is 1. The van der Waals surface area contributed by atoms with E-state index in [1.165, 1.54) is 24.3 Å². The van der Waals surface area contributed by atoms with Crippen molar-refractivity contribution in [2.75, 3.05) is 25.0 Å². The van der Waals surface area contributed by atoms with E-state index in [9.17, 15) is 18.0 Å². The number of likely N-dealkylation sites (tertiary alicyclic amines) is 1. The molecule has 0 saturated carbocycles. The Balaban J connectivity index is 0.00000341. The van der Waals surface area contributed by atoms with Gasteiger partial charge in [-0.2, -0.15) is 13.2 Å². The monoisotopic (exact) mass is 478 g/mol. The molecule has 0 radical (unpaired) electrons. The molecule has 1 heterocycles. The largest absolute Gasteiger partial charge is 0.489 e. The topological polar surface area (TPSA) is 50.8 Å². The fraction of sp³-hybridized carbons (Fsp3) is 0.381. The first-order valence-electron chi connectivity index (χ1n) is 9.53. The van der Waals surface area contributed by atoms with Crippen molar-refractivity contribution in [3.05, 3.63) is 59.6 Å². The molecule has 2 atom stereocenters. The lowest BCUT2D eigenvalue weighted by Crippen LogP contribution is -2.49. The van der Waals surface area contributed by atoms with Crippen LogP contribution in [-0.4, -0.2) is 49.0 Å². The molecule has 0 bridgehead atoms. The van der Waals surface area contributed by atoms with Gasteiger partial charge in [-0.1, -0.05) is 29.8 Å². The average Bonchev–Trinajstić information content (AvgIpc) is 2.70. The predicted octanol–water partition coefficient (Wildman–Crippen LogP) is 5.78. The Hall–Kier alpha value is -2.16. The minimum absolute atomic E-state index is 0. The zero-order valence-corrected chi connectivity index (χ0v) is 18.1. The second-order valence-corrected chi connectivity index (χ2v) is 7.46. The number of hydrogen-bond acceptors (Lipinski definition) is 4. The van der Waals surface area contributed by atoms with Gasteiger partial charge in [-0.15, -0.1) is 12.4 Å². The van der Waals surface area contributed by atoms with Crippen LogP contribution in [0.1, 0.15) is 12.8 Å². The van der Waals surface area contributed by atoms with Gasteiger partial charge in [-0.05, 0) is 55.8 Å². The number of ether oxygens (including phenoxy) is 2. The number of nitrogens with zero attached hydrogens (tertiary/aromatic N) is 1. The molecule has 1 amide bonds. The highest BCUT2D eigenvalue weighted by atomic mass is 35.5. The average molecular weight is 479 g/mol. The second-order valence-electron chi connectivity index (χ2n) is 7.02. The van der Waals surface area contributed by atoms with Gasteiger partial charge >= 0.3 is 12.3 Å². The number of halogens is 5. The number of piperidine rings is 1. The Labute approximate surface area is 189 Å². The molecule has 1 unspecified atom stereocenters. The summed E-state index contributed by atoms with van der Waals surface area (Å²) in [5.74, 6) is 0.676. The van der Waals surface area contributed by atoms with E-state index in [1.807, 2.05) is 30.3 Å². The molecule has 1 fully saturated rings. The zero-order valence-electron chi connectivity index (χ0n) is 16.5. The minimum Gasteiger partial charge on any atom is -0.489 e. The van der Waals surface area contributed by atoms with E-state index in [1.54, 1.807) is 4.90 Å². The summed E-state index contributed by atoms with van der Waals surface area (Å²) < 4.78 is 51.1. The summed E-state index contributed by atoms with van der Waals surface area (Å²) in [5, 5.41) is 2.73. The molecule has 1 aliphatic heterocycles. The molecule has 0 spiro atoms. The zero-order chi connectivity index (χ0) is 21.6. The lowest BCUT2D eigenvalue weighted by molar-refractivity contribution is -0.207. The maximum atomic E-state index is 13.5. The van der Waals surface area contributed by atoms with Crippen molar-refractivity contribution in [3.63, 3.8) is 0 Å². The van der Waals surface area contributed by atoms with Gasteiger partial charge in [0.1, 0.15) is 11.9 Å². The molecule has 1 saturated heterocycles. The van der Waals surface area contributed by atoms with Crippen LogP contribution in [0.25, 0.3) is 0 Å². The highest BCUT2D eigenvalue weighted by molar-refractivity contribution is 6.30. The fourth-order valence-corrected chi connectivity index (χ4v) is 3.34. The highest BCUT2D eigenvalue weighted by Gasteiger charge is 2.44. The third kappa shape index (κ3) is 8.12. The van der Waals surface area contributed by atoms with Crippen LogP contribution >= 0.6 is 24.0 Å². The lowest BCUT2D eigenvalue weighted by atomic mass is 10.1. The number of rotatable bonds is 6. The smallest absolute Gasteiger partial charge is 0.426 e. The van der Waals surface area contributed by atoms with Crippen LogP contribution in [0, 0.1) is 0 Å². The Kier molecular flexibility index (Phi) is 9.28. The highest BCUT2D eigenvalue weighted by Crippen LogP contribution is 2.26. The molecule has 3 rings (SSSR count). The Morgan fingerprint density at radius 2 is 1.84 bits per heavy atom. The first kappa shape index (κ1) is 25.1. The van der Waals surface area contributed by atoms with Crippen molar-refractivity contribution in [3.8, 4) is 5.75 Å². The molecule has 1 N–H and O–H groups in total. The summed E-state index contributed by atoms with van der Waals surface area (Å²) in [6, 6.07) is 15.1. The van der Waals surface area contributed by atoms with Gasteiger partial charge < -0.3 is 9.47 Å². The van der Waals surface area contributed by atoms with Gasteiger partial charge in [0, 0.05) is 23.8 Å². The number of alkyl halides is 3. The van der Waals surface area contributed by atoms with Crippen LogP contribution in [0.5, 0.6) is 5.75 Å². The quantitative estimate of drug-likeness (QED) is 0.571. The van der Waals surface area contributed by atoms with Gasteiger partial charge in [0.25, 0.3) is 0 Å². The fourth-order valence-electron chi connectivity index (χ4n) is 3.22. The Morgan fingerprint density at radius 3 is 2.48 bits per heavy atom. The van der Waals surface area contributed by atoms with E-state index >= 15 is 0 Å². The van der Waals surface area contributed by atoms with Crippen LogP contribution < -0.4 is 10.1 Å². The van der Waals surface area contributed by atoms with Crippen LogP contribution in [0.4, 0.5) is 23.7 Å². The number of para-hydroxylation sites is 1. The first-order valence-corrected chi connectivity index (χ1v) is 9.91. The summed E-state index contributed by atoms with van der Waals surface area (Å²) in [6.45, 7) is 0.346. The number of nitrogens with one attached hydrogen (secondary N) is 1. The summed E-state index contributed by atoms with van der Waals surface area (Å²) in [7, 11) is 0. The van der Waals surface area contributed by atoms with E-state index in [0.29, 0.717) is 36.0 Å². The van der Waals surface area contributed by atoms with E-state index in [4.69, 9.17) is 21.1 Å². The number of carbonyl (C=O) groups excluding carboxylic acids is 1. The summed E-state index contributed by atoms with van der Waals surface area (Å²) >= 11 is 5.76. The van der Waals surface area contributed by atoms with Crippen LogP contribution in [0.15, 0.2) is 54.6 Å². The molecule has 0 aliphatic carbocycles. The van der Waals surface area contributed by atoms with Crippen LogP contribution in [-0.2, 0) is 4.74 Å². The summed E-state index contributed by atoms with van der Waals surface area (Å²) in [6.07, 6.45) is -6.89. The third-order valence-corrected chi connectivity index (χ3v) is 4.89. The van der Waals surface area contributed by atoms with Crippen LogP contribution in [0.3, 0.4) is 0 Å². The standard InChI is InChI=1S/C21H22ClF3N2O3.ClH/c22-15-8-10-16(11-9-15)26-20(28)30-19(21(23,24)25)14-27-12-4-7-18(13-27)29-17-5-2-1-3-6-17;/h1-3,5-6,8-11,18-19H,4,7,12-14H2,(H,26,28);1H/t18?,19-;/m0./s1. The van der Waals surface area contributed by atoms with Crippen molar-refractivity contribution in [2.45, 2.75) is 31.2 Å². The maximum absolute atomic E-state index is 13.5. The van der Waals surface area contributed by atoms with Crippen molar-refractivity contribution in [1.82, 2.24) is 4.90 Å². The second kappa shape index (κ2) is 11.5. The van der Waals surface area contributed by atoms with Crippen molar-refractivity contribution >= 4 is 35.8 Å². The molecular formula is C21H23Cl2F3N2O3. The molecule has 1 aliphatic rings. The van der Waals surface area contributed by atoms with E-state index in [2.05, 4.69) is 5.32 Å². The number of anilines is 1. The molecule has 2 aromatic carbocycles. The molecule has 170 valence electrons. The number of amides is 1. The van der Waals surface area contributed by atoms with Crippen molar-refractivity contribution in [1.29, 1.82) is 0 Å². The van der Waals surface area contributed by atoms with E-state index in [-0.39, 0.29) is 18.5 Å². The summed E-state index contributed by atoms with van der Waals surface area (Å²) in [5.41, 5.74) is 0.291. The maximum Gasteiger partial charge on any atom is 0.426 e. The van der Waals surface area contributed by atoms with Gasteiger partial charge in [0.15, 0.2) is 0 Å². The first-order chi connectivity index (χ1) is 14.3. The van der Waals surface area contributed by atoms with Crippen molar-refractivity contribution in [2.24, 2.45) is 0 Å². The van der Waals surface area contributed by atoms with Crippen LogP contribution in [0.2, 0.25) is 5.02 Å². The molecule has 2 aromatic rings. The minimum atomic E-state index is -4.69. The Morgan fingerprint density at radius 1 is 1.16 bits per heavy atom.